The molecule has 1 saturated heterocycles. The average Bonchev–Trinajstić information content (AvgIpc) is 2.34. The summed E-state index contributed by atoms with van der Waals surface area (Å²) in [6, 6.07) is 10.2. The fourth-order valence-corrected chi connectivity index (χ4v) is 2.20. The van der Waals surface area contributed by atoms with Crippen LogP contribution in [0.2, 0.25) is 0 Å². The minimum Gasteiger partial charge on any atom is -0.357 e. The van der Waals surface area contributed by atoms with Gasteiger partial charge >= 0.3 is 0 Å². The van der Waals surface area contributed by atoms with Crippen molar-refractivity contribution in [2.24, 2.45) is 5.92 Å². The number of hydrogen-bond donors (Lipinski definition) is 0. The highest BCUT2D eigenvalue weighted by molar-refractivity contribution is 5.83. The lowest BCUT2D eigenvalue weighted by atomic mass is 10.0. The van der Waals surface area contributed by atoms with E-state index in [0.29, 0.717) is 18.9 Å². The van der Waals surface area contributed by atoms with E-state index in [1.165, 1.54) is 0 Å². The maximum atomic E-state index is 11.7. The molecule has 18 heavy (non-hydrogen) atoms. The lowest BCUT2D eigenvalue weighted by Crippen LogP contribution is -2.55. The van der Waals surface area contributed by atoms with Crippen molar-refractivity contribution in [3.8, 4) is 0 Å². The molecule has 1 aliphatic heterocycles. The van der Waals surface area contributed by atoms with Crippen LogP contribution in [0.5, 0.6) is 0 Å². The Bertz CT molecular complexity index is 402. The second-order valence-corrected chi connectivity index (χ2v) is 5.27. The van der Waals surface area contributed by atoms with Gasteiger partial charge in [0.05, 0.1) is 19.1 Å². The van der Waals surface area contributed by atoms with E-state index in [1.54, 1.807) is 0 Å². The van der Waals surface area contributed by atoms with E-state index < -0.39 is 0 Å². The van der Waals surface area contributed by atoms with E-state index in [2.05, 4.69) is 32.9 Å². The van der Waals surface area contributed by atoms with Gasteiger partial charge in [-0.2, -0.15) is 0 Å². The molecule has 0 N–H and O–H groups in total. The van der Waals surface area contributed by atoms with Crippen molar-refractivity contribution in [1.82, 2.24) is 4.90 Å². The quantitative estimate of drug-likeness (QED) is 0.749. The Labute approximate surface area is 109 Å². The number of amides is 1. The molecule has 0 saturated carbocycles. The molecule has 1 aromatic rings. The standard InChI is InChI=1S/C15H21NO2/c1-11(2)10-18-15-9-14(17)16(15)12(3)13-7-5-4-6-8-13/h4-8,11-12,15H,9-10H2,1-3H3/t12-,15-/m0/s1. The first-order valence-electron chi connectivity index (χ1n) is 6.57. The fraction of sp³-hybridized carbons (Fsp3) is 0.533. The molecule has 0 radical (unpaired) electrons. The molecular weight excluding hydrogens is 226 g/mol. The van der Waals surface area contributed by atoms with Crippen molar-refractivity contribution in [3.63, 3.8) is 0 Å². The van der Waals surface area contributed by atoms with Crippen molar-refractivity contribution < 1.29 is 9.53 Å². The van der Waals surface area contributed by atoms with E-state index >= 15 is 0 Å². The van der Waals surface area contributed by atoms with Crippen molar-refractivity contribution in [2.75, 3.05) is 6.61 Å². The minimum atomic E-state index is -0.0462. The first kappa shape index (κ1) is 13.1. The Hall–Kier alpha value is -1.35. The van der Waals surface area contributed by atoms with Crippen LogP contribution in [0.25, 0.3) is 0 Å². The molecule has 0 aromatic heterocycles. The van der Waals surface area contributed by atoms with Crippen LogP contribution in [-0.4, -0.2) is 23.6 Å². The van der Waals surface area contributed by atoms with E-state index in [9.17, 15) is 4.79 Å². The molecule has 3 heteroatoms. The molecule has 3 nitrogen and oxygen atoms in total. The summed E-state index contributed by atoms with van der Waals surface area (Å²) < 4.78 is 5.77. The molecule has 1 amide bonds. The summed E-state index contributed by atoms with van der Waals surface area (Å²) in [7, 11) is 0. The Kier molecular flexibility index (Phi) is 4.02. The zero-order valence-electron chi connectivity index (χ0n) is 11.3. The molecule has 1 heterocycles. The van der Waals surface area contributed by atoms with E-state index in [1.807, 2.05) is 23.1 Å². The maximum Gasteiger partial charge on any atom is 0.229 e. The summed E-state index contributed by atoms with van der Waals surface area (Å²) in [5.74, 6) is 0.676. The first-order valence-corrected chi connectivity index (χ1v) is 6.57. The highest BCUT2D eigenvalue weighted by Gasteiger charge is 2.40. The number of ether oxygens (including phenoxy) is 1. The number of carbonyl (C=O) groups is 1. The van der Waals surface area contributed by atoms with Crippen molar-refractivity contribution in [2.45, 2.75) is 39.5 Å². The number of carbonyl (C=O) groups excluding carboxylic acids is 1. The lowest BCUT2D eigenvalue weighted by Gasteiger charge is -2.44. The fourth-order valence-electron chi connectivity index (χ4n) is 2.20. The lowest BCUT2D eigenvalue weighted by molar-refractivity contribution is -0.182. The van der Waals surface area contributed by atoms with Crippen LogP contribution < -0.4 is 0 Å². The number of rotatable bonds is 5. The number of hydrogen-bond acceptors (Lipinski definition) is 2. The predicted molar refractivity (Wildman–Crippen MR) is 70.9 cm³/mol. The van der Waals surface area contributed by atoms with E-state index in [0.717, 1.165) is 5.56 Å². The molecule has 0 unspecified atom stereocenters. The van der Waals surface area contributed by atoms with Crippen LogP contribution in [0.3, 0.4) is 0 Å². The molecule has 0 aliphatic carbocycles. The van der Waals surface area contributed by atoms with Gasteiger partial charge in [-0.25, -0.2) is 0 Å². The van der Waals surface area contributed by atoms with Gasteiger partial charge in [0, 0.05) is 0 Å². The Morgan fingerprint density at radius 1 is 1.28 bits per heavy atom. The van der Waals surface area contributed by atoms with Gasteiger partial charge in [-0.15, -0.1) is 0 Å². The third-order valence-electron chi connectivity index (χ3n) is 3.27. The zero-order chi connectivity index (χ0) is 13.1. The summed E-state index contributed by atoms with van der Waals surface area (Å²) >= 11 is 0. The van der Waals surface area contributed by atoms with Crippen molar-refractivity contribution in [3.05, 3.63) is 35.9 Å². The number of likely N-dealkylation sites (tertiary alicyclic amines) is 1. The second-order valence-electron chi connectivity index (χ2n) is 5.27. The van der Waals surface area contributed by atoms with Crippen LogP contribution in [0.4, 0.5) is 0 Å². The molecule has 2 rings (SSSR count). The van der Waals surface area contributed by atoms with E-state index in [-0.39, 0.29) is 18.2 Å². The molecule has 1 aliphatic rings. The maximum absolute atomic E-state index is 11.7. The van der Waals surface area contributed by atoms with Crippen molar-refractivity contribution >= 4 is 5.91 Å². The highest BCUT2D eigenvalue weighted by Crippen LogP contribution is 2.32. The third kappa shape index (κ3) is 2.72. The Morgan fingerprint density at radius 2 is 1.94 bits per heavy atom. The predicted octanol–water partition coefficient (Wildman–Crippen LogP) is 2.98. The van der Waals surface area contributed by atoms with Gasteiger partial charge in [-0.3, -0.25) is 4.79 Å². The first-order chi connectivity index (χ1) is 8.59. The highest BCUT2D eigenvalue weighted by atomic mass is 16.5. The smallest absolute Gasteiger partial charge is 0.229 e. The molecule has 0 bridgehead atoms. The SMILES string of the molecule is CC(C)CO[C@H]1CC(=O)N1[C@@H](C)c1ccccc1. The van der Waals surface area contributed by atoms with Crippen LogP contribution in [0.15, 0.2) is 30.3 Å². The van der Waals surface area contributed by atoms with Gasteiger partial charge in [0.2, 0.25) is 5.91 Å². The van der Waals surface area contributed by atoms with Gasteiger partial charge in [-0.05, 0) is 18.4 Å². The Balaban J connectivity index is 2.00. The van der Waals surface area contributed by atoms with Crippen LogP contribution in [0, 0.1) is 5.92 Å². The molecule has 1 fully saturated rings. The molecule has 2 atom stereocenters. The van der Waals surface area contributed by atoms with Gasteiger partial charge in [0.25, 0.3) is 0 Å². The van der Waals surface area contributed by atoms with Gasteiger partial charge in [-0.1, -0.05) is 44.2 Å². The summed E-state index contributed by atoms with van der Waals surface area (Å²) in [6.07, 6.45) is 0.472. The molecule has 98 valence electrons. The van der Waals surface area contributed by atoms with Gasteiger partial charge in [0.15, 0.2) is 0 Å². The minimum absolute atomic E-state index is 0.0462. The summed E-state index contributed by atoms with van der Waals surface area (Å²) in [4.78, 5) is 13.6. The average molecular weight is 247 g/mol. The topological polar surface area (TPSA) is 29.5 Å². The second kappa shape index (κ2) is 5.53. The van der Waals surface area contributed by atoms with Gasteiger partial charge < -0.3 is 9.64 Å². The van der Waals surface area contributed by atoms with E-state index in [4.69, 9.17) is 4.74 Å². The summed E-state index contributed by atoms with van der Waals surface area (Å²) in [6.45, 7) is 6.99. The van der Waals surface area contributed by atoms with Crippen LogP contribution >= 0.6 is 0 Å². The van der Waals surface area contributed by atoms with Crippen LogP contribution in [0.1, 0.15) is 38.8 Å². The molecule has 0 spiro atoms. The monoisotopic (exact) mass is 247 g/mol. The number of nitrogens with zero attached hydrogens (tertiary/aromatic N) is 1. The Morgan fingerprint density at radius 3 is 2.50 bits per heavy atom. The van der Waals surface area contributed by atoms with Gasteiger partial charge in [0.1, 0.15) is 6.23 Å². The summed E-state index contributed by atoms with van der Waals surface area (Å²) in [5, 5.41) is 0. The summed E-state index contributed by atoms with van der Waals surface area (Å²) in [5.41, 5.74) is 1.16. The third-order valence-corrected chi connectivity index (χ3v) is 3.27. The molecular formula is C15H21NO2. The largest absolute Gasteiger partial charge is 0.357 e. The number of β-lactam (4-membered cyclic amide) rings is 1. The molecule has 1 aromatic carbocycles. The van der Waals surface area contributed by atoms with Crippen molar-refractivity contribution in [1.29, 1.82) is 0 Å². The number of benzene rings is 1. The van der Waals surface area contributed by atoms with Crippen LogP contribution in [-0.2, 0) is 9.53 Å². The zero-order valence-corrected chi connectivity index (χ0v) is 11.3. The normalized spacial score (nSPS) is 21.0.